The maximum atomic E-state index is 12.9. The van der Waals surface area contributed by atoms with Gasteiger partial charge in [0.2, 0.25) is 0 Å². The van der Waals surface area contributed by atoms with E-state index in [1.54, 1.807) is 19.2 Å². The van der Waals surface area contributed by atoms with Gasteiger partial charge < -0.3 is 9.47 Å². The Balaban J connectivity index is 0.000000231. The molecule has 0 fully saturated rings. The molecular formula is C19H24F2O2. The SMILES string of the molecule is CCc1cccc(F)c1OC.COc1cc(F)ccc1C(C)C. The van der Waals surface area contributed by atoms with Gasteiger partial charge in [0.15, 0.2) is 11.6 Å². The average Bonchev–Trinajstić information content (AvgIpc) is 2.54. The van der Waals surface area contributed by atoms with Crippen LogP contribution >= 0.6 is 0 Å². The minimum Gasteiger partial charge on any atom is -0.496 e. The molecule has 0 saturated carbocycles. The molecule has 0 N–H and O–H groups in total. The number of aryl methyl sites for hydroxylation is 1. The molecule has 0 aliphatic heterocycles. The first-order valence-electron chi connectivity index (χ1n) is 7.59. The van der Waals surface area contributed by atoms with Crippen LogP contribution in [0.3, 0.4) is 0 Å². The largest absolute Gasteiger partial charge is 0.496 e. The Labute approximate surface area is 137 Å². The molecule has 0 unspecified atom stereocenters. The maximum absolute atomic E-state index is 12.9. The van der Waals surface area contributed by atoms with E-state index >= 15 is 0 Å². The molecule has 0 aromatic heterocycles. The summed E-state index contributed by atoms with van der Waals surface area (Å²) in [7, 11) is 3.04. The zero-order valence-electron chi connectivity index (χ0n) is 14.3. The Kier molecular flexibility index (Phi) is 7.52. The van der Waals surface area contributed by atoms with Crippen LogP contribution in [-0.2, 0) is 6.42 Å². The van der Waals surface area contributed by atoms with E-state index < -0.39 is 0 Å². The number of halogens is 2. The van der Waals surface area contributed by atoms with Crippen LogP contribution in [0.1, 0.15) is 37.8 Å². The molecule has 0 amide bonds. The predicted octanol–water partition coefficient (Wildman–Crippen LogP) is 5.35. The molecule has 0 spiro atoms. The Hall–Kier alpha value is -2.10. The van der Waals surface area contributed by atoms with Gasteiger partial charge in [0, 0.05) is 6.07 Å². The van der Waals surface area contributed by atoms with Gasteiger partial charge in [0.05, 0.1) is 14.2 Å². The molecule has 0 aliphatic carbocycles. The molecule has 0 saturated heterocycles. The van der Waals surface area contributed by atoms with Crippen LogP contribution in [0.15, 0.2) is 36.4 Å². The third-order valence-electron chi connectivity index (χ3n) is 3.45. The lowest BCUT2D eigenvalue weighted by Crippen LogP contribution is -1.94. The average molecular weight is 322 g/mol. The molecule has 2 rings (SSSR count). The van der Waals surface area contributed by atoms with Gasteiger partial charge in [-0.15, -0.1) is 0 Å². The second-order valence-electron chi connectivity index (χ2n) is 5.33. The van der Waals surface area contributed by atoms with Crippen molar-refractivity contribution in [3.8, 4) is 11.5 Å². The summed E-state index contributed by atoms with van der Waals surface area (Å²) in [5.74, 6) is 0.823. The van der Waals surface area contributed by atoms with Crippen molar-refractivity contribution < 1.29 is 18.3 Å². The first kappa shape index (κ1) is 18.9. The van der Waals surface area contributed by atoms with Gasteiger partial charge in [-0.25, -0.2) is 8.78 Å². The lowest BCUT2D eigenvalue weighted by molar-refractivity contribution is 0.382. The fourth-order valence-electron chi connectivity index (χ4n) is 2.22. The number of rotatable bonds is 4. The number of hydrogen-bond acceptors (Lipinski definition) is 2. The lowest BCUT2D eigenvalue weighted by atomic mass is 10.0. The van der Waals surface area contributed by atoms with Crippen LogP contribution in [0.2, 0.25) is 0 Å². The Morgan fingerprint density at radius 1 is 1.00 bits per heavy atom. The van der Waals surface area contributed by atoms with Crippen LogP contribution < -0.4 is 9.47 Å². The third-order valence-corrected chi connectivity index (χ3v) is 3.45. The summed E-state index contributed by atoms with van der Waals surface area (Å²) in [5.41, 5.74) is 1.95. The van der Waals surface area contributed by atoms with Crippen molar-refractivity contribution in [2.45, 2.75) is 33.1 Å². The van der Waals surface area contributed by atoms with E-state index in [1.807, 2.05) is 13.0 Å². The fraction of sp³-hybridized carbons (Fsp3) is 0.368. The Bertz CT molecular complexity index is 625. The van der Waals surface area contributed by atoms with Gasteiger partial charge in [0.1, 0.15) is 11.6 Å². The Morgan fingerprint density at radius 2 is 1.70 bits per heavy atom. The van der Waals surface area contributed by atoms with Gasteiger partial charge in [-0.2, -0.15) is 0 Å². The predicted molar refractivity (Wildman–Crippen MR) is 89.4 cm³/mol. The van der Waals surface area contributed by atoms with Crippen LogP contribution in [0.4, 0.5) is 8.78 Å². The van der Waals surface area contributed by atoms with Crippen molar-refractivity contribution in [2.24, 2.45) is 0 Å². The zero-order valence-corrected chi connectivity index (χ0v) is 14.3. The first-order chi connectivity index (χ1) is 10.9. The summed E-state index contributed by atoms with van der Waals surface area (Å²) in [5, 5.41) is 0. The molecule has 4 heteroatoms. The normalized spacial score (nSPS) is 10.1. The van der Waals surface area contributed by atoms with Gasteiger partial charge in [0.25, 0.3) is 0 Å². The first-order valence-corrected chi connectivity index (χ1v) is 7.59. The van der Waals surface area contributed by atoms with E-state index in [4.69, 9.17) is 9.47 Å². The second kappa shape index (κ2) is 9.13. The molecule has 0 bridgehead atoms. The molecule has 0 radical (unpaired) electrons. The highest BCUT2D eigenvalue weighted by atomic mass is 19.1. The molecule has 0 atom stereocenters. The minimum absolute atomic E-state index is 0.253. The molecule has 2 aromatic carbocycles. The maximum Gasteiger partial charge on any atom is 0.165 e. The highest BCUT2D eigenvalue weighted by molar-refractivity contribution is 5.36. The van der Waals surface area contributed by atoms with E-state index in [-0.39, 0.29) is 11.6 Å². The minimum atomic E-state index is -0.285. The summed E-state index contributed by atoms with van der Waals surface area (Å²) in [6.07, 6.45) is 0.793. The lowest BCUT2D eigenvalue weighted by Gasteiger charge is -2.10. The van der Waals surface area contributed by atoms with E-state index in [9.17, 15) is 8.78 Å². The van der Waals surface area contributed by atoms with Crippen molar-refractivity contribution in [3.63, 3.8) is 0 Å². The molecule has 0 heterocycles. The summed E-state index contributed by atoms with van der Waals surface area (Å²) >= 11 is 0. The molecule has 2 nitrogen and oxygen atoms in total. The standard InChI is InChI=1S/C10H13FO.C9H11FO/c1-7(2)9-5-4-8(11)6-10(9)12-3;1-3-7-5-4-6-8(10)9(7)11-2/h4-7H,1-3H3;4-6H,3H2,1-2H3. The number of ether oxygens (including phenoxy) is 2. The quantitative estimate of drug-likeness (QED) is 0.755. The molecule has 0 aliphatic rings. The highest BCUT2D eigenvalue weighted by Crippen LogP contribution is 2.26. The van der Waals surface area contributed by atoms with Crippen molar-refractivity contribution in [1.82, 2.24) is 0 Å². The molecule has 126 valence electrons. The van der Waals surface area contributed by atoms with E-state index in [1.165, 1.54) is 25.3 Å². The Morgan fingerprint density at radius 3 is 2.17 bits per heavy atom. The second-order valence-corrected chi connectivity index (χ2v) is 5.33. The van der Waals surface area contributed by atoms with Crippen molar-refractivity contribution in [2.75, 3.05) is 14.2 Å². The molecule has 23 heavy (non-hydrogen) atoms. The van der Waals surface area contributed by atoms with Crippen LogP contribution in [-0.4, -0.2) is 14.2 Å². The summed E-state index contributed by atoms with van der Waals surface area (Å²) < 4.78 is 35.6. The van der Waals surface area contributed by atoms with Gasteiger partial charge in [-0.1, -0.05) is 39.0 Å². The topological polar surface area (TPSA) is 18.5 Å². The van der Waals surface area contributed by atoms with E-state index in [2.05, 4.69) is 13.8 Å². The number of benzene rings is 2. The van der Waals surface area contributed by atoms with E-state index in [0.717, 1.165) is 17.5 Å². The van der Waals surface area contributed by atoms with Crippen molar-refractivity contribution >= 4 is 0 Å². The number of hydrogen-bond donors (Lipinski definition) is 0. The van der Waals surface area contributed by atoms with Crippen molar-refractivity contribution in [3.05, 3.63) is 59.2 Å². The molecular weight excluding hydrogens is 298 g/mol. The smallest absolute Gasteiger partial charge is 0.165 e. The number of methoxy groups -OCH3 is 2. The third kappa shape index (κ3) is 5.23. The fourth-order valence-corrected chi connectivity index (χ4v) is 2.22. The van der Waals surface area contributed by atoms with Crippen molar-refractivity contribution in [1.29, 1.82) is 0 Å². The molecule has 2 aromatic rings. The van der Waals surface area contributed by atoms with E-state index in [0.29, 0.717) is 17.4 Å². The van der Waals surface area contributed by atoms with Gasteiger partial charge >= 0.3 is 0 Å². The van der Waals surface area contributed by atoms with Crippen LogP contribution in [0.25, 0.3) is 0 Å². The van der Waals surface area contributed by atoms with Gasteiger partial charge in [-0.3, -0.25) is 0 Å². The number of para-hydroxylation sites is 1. The summed E-state index contributed by atoms with van der Waals surface area (Å²) in [4.78, 5) is 0. The highest BCUT2D eigenvalue weighted by Gasteiger charge is 2.07. The van der Waals surface area contributed by atoms with Crippen LogP contribution in [0, 0.1) is 11.6 Å². The summed E-state index contributed by atoms with van der Waals surface area (Å²) in [6.45, 7) is 6.07. The summed E-state index contributed by atoms with van der Waals surface area (Å²) in [6, 6.07) is 9.59. The van der Waals surface area contributed by atoms with Crippen LogP contribution in [0.5, 0.6) is 11.5 Å². The zero-order chi connectivity index (χ0) is 17.4. The monoisotopic (exact) mass is 322 g/mol. The van der Waals surface area contributed by atoms with Gasteiger partial charge in [-0.05, 0) is 35.6 Å².